The summed E-state index contributed by atoms with van der Waals surface area (Å²) < 4.78 is 0. The van der Waals surface area contributed by atoms with E-state index in [1.807, 2.05) is 60.4 Å². The molecule has 0 N–H and O–H groups in total. The van der Waals surface area contributed by atoms with Gasteiger partial charge in [-0.25, -0.2) is 0 Å². The summed E-state index contributed by atoms with van der Waals surface area (Å²) in [6, 6.07) is 19.2. The average molecular weight is 483 g/mol. The van der Waals surface area contributed by atoms with Crippen LogP contribution in [0.2, 0.25) is 0 Å². The number of rotatable bonds is 7. The number of anilines is 1. The molecule has 2 aliphatic heterocycles. The van der Waals surface area contributed by atoms with Crippen LogP contribution in [0.5, 0.6) is 0 Å². The van der Waals surface area contributed by atoms with Crippen molar-refractivity contribution in [3.8, 4) is 0 Å². The Kier molecular flexibility index (Phi) is 6.80. The third-order valence-corrected chi connectivity index (χ3v) is 7.14. The molecule has 1 saturated heterocycles. The average Bonchev–Trinajstić information content (AvgIpc) is 3.17. The predicted octanol–water partition coefficient (Wildman–Crippen LogP) is 4.14. The Hall–Kier alpha value is -4.00. The molecule has 0 spiro atoms. The van der Waals surface area contributed by atoms with Crippen LogP contribution in [0.25, 0.3) is 0 Å². The summed E-state index contributed by atoms with van der Waals surface area (Å²) >= 11 is 0. The minimum Gasteiger partial charge on any atom is -0.371 e. The lowest BCUT2D eigenvalue weighted by molar-refractivity contribution is -0.136. The molecule has 3 aromatic rings. The molecule has 0 saturated carbocycles. The highest BCUT2D eigenvalue weighted by molar-refractivity contribution is 6.23. The molecule has 5 rings (SSSR count). The monoisotopic (exact) mass is 482 g/mol. The van der Waals surface area contributed by atoms with Gasteiger partial charge in [0.2, 0.25) is 5.91 Å². The molecule has 2 aliphatic rings. The number of benzene rings is 2. The molecule has 2 aromatic carbocycles. The summed E-state index contributed by atoms with van der Waals surface area (Å²) in [7, 11) is 0. The van der Waals surface area contributed by atoms with Crippen LogP contribution >= 0.6 is 0 Å². The van der Waals surface area contributed by atoms with Crippen molar-refractivity contribution in [2.45, 2.75) is 32.9 Å². The number of piperidine rings is 1. The maximum atomic E-state index is 13.3. The summed E-state index contributed by atoms with van der Waals surface area (Å²) in [4.78, 5) is 49.1. The lowest BCUT2D eigenvalue weighted by Crippen LogP contribution is -2.42. The molecule has 36 heavy (non-hydrogen) atoms. The number of nitrogens with zero attached hydrogens (tertiary/aromatic N) is 4. The van der Waals surface area contributed by atoms with Gasteiger partial charge < -0.3 is 9.80 Å². The van der Waals surface area contributed by atoms with Gasteiger partial charge in [0.15, 0.2) is 0 Å². The van der Waals surface area contributed by atoms with Crippen LogP contribution in [0.1, 0.15) is 51.6 Å². The summed E-state index contributed by atoms with van der Waals surface area (Å²) in [6.45, 7) is 4.84. The molecule has 3 amide bonds. The van der Waals surface area contributed by atoms with E-state index in [4.69, 9.17) is 0 Å². The minimum absolute atomic E-state index is 0.0407. The SMILES string of the molecule is CCN(Cc1ccccc1)C(=O)C1CCN(c2cccc3c2C(=O)N(Cc2cccnc2)C3=O)CC1. The van der Waals surface area contributed by atoms with E-state index in [9.17, 15) is 14.4 Å². The molecular weight excluding hydrogens is 452 g/mol. The van der Waals surface area contributed by atoms with Crippen molar-refractivity contribution < 1.29 is 14.4 Å². The molecule has 3 heterocycles. The predicted molar refractivity (Wildman–Crippen MR) is 137 cm³/mol. The van der Waals surface area contributed by atoms with E-state index in [-0.39, 0.29) is 30.2 Å². The van der Waals surface area contributed by atoms with Crippen molar-refractivity contribution in [1.29, 1.82) is 0 Å². The number of carbonyl (C=O) groups is 3. The minimum atomic E-state index is -0.273. The molecule has 184 valence electrons. The molecule has 1 fully saturated rings. The molecule has 7 heteroatoms. The Labute approximate surface area is 211 Å². The Balaban J connectivity index is 1.27. The Bertz CT molecular complexity index is 1250. The number of carbonyl (C=O) groups excluding carboxylic acids is 3. The van der Waals surface area contributed by atoms with Gasteiger partial charge in [-0.1, -0.05) is 42.5 Å². The first-order chi connectivity index (χ1) is 17.6. The zero-order valence-corrected chi connectivity index (χ0v) is 20.5. The van der Waals surface area contributed by atoms with E-state index < -0.39 is 0 Å². The van der Waals surface area contributed by atoms with Crippen LogP contribution in [0.4, 0.5) is 5.69 Å². The second-order valence-electron chi connectivity index (χ2n) is 9.36. The van der Waals surface area contributed by atoms with Crippen LogP contribution in [-0.2, 0) is 17.9 Å². The molecular formula is C29H30N4O3. The van der Waals surface area contributed by atoms with Crippen molar-refractivity contribution in [1.82, 2.24) is 14.8 Å². The molecule has 7 nitrogen and oxygen atoms in total. The van der Waals surface area contributed by atoms with E-state index in [1.165, 1.54) is 4.90 Å². The molecule has 0 aliphatic carbocycles. The van der Waals surface area contributed by atoms with Crippen LogP contribution < -0.4 is 4.90 Å². The number of fused-ring (bicyclic) bond motifs is 1. The van der Waals surface area contributed by atoms with Gasteiger partial charge in [-0.15, -0.1) is 0 Å². The van der Waals surface area contributed by atoms with Gasteiger partial charge in [0.25, 0.3) is 11.8 Å². The van der Waals surface area contributed by atoms with Crippen molar-refractivity contribution in [2.24, 2.45) is 5.92 Å². The first kappa shape index (κ1) is 23.7. The van der Waals surface area contributed by atoms with E-state index in [0.717, 1.165) is 29.7 Å². The fourth-order valence-corrected chi connectivity index (χ4v) is 5.17. The quantitative estimate of drug-likeness (QED) is 0.473. The second kappa shape index (κ2) is 10.3. The third-order valence-electron chi connectivity index (χ3n) is 7.14. The van der Waals surface area contributed by atoms with Crippen LogP contribution in [0.3, 0.4) is 0 Å². The van der Waals surface area contributed by atoms with Crippen LogP contribution in [-0.4, -0.2) is 52.1 Å². The normalized spacial score (nSPS) is 15.8. The van der Waals surface area contributed by atoms with E-state index in [2.05, 4.69) is 9.88 Å². The number of aromatic nitrogens is 1. The highest BCUT2D eigenvalue weighted by atomic mass is 16.2. The number of imide groups is 1. The fraction of sp³-hybridized carbons (Fsp3) is 0.310. The second-order valence-corrected chi connectivity index (χ2v) is 9.36. The summed E-state index contributed by atoms with van der Waals surface area (Å²) in [5, 5.41) is 0. The number of amides is 3. The Morgan fingerprint density at radius 2 is 1.69 bits per heavy atom. The van der Waals surface area contributed by atoms with E-state index >= 15 is 0 Å². The lowest BCUT2D eigenvalue weighted by atomic mass is 9.93. The van der Waals surface area contributed by atoms with Crippen molar-refractivity contribution in [2.75, 3.05) is 24.5 Å². The first-order valence-corrected chi connectivity index (χ1v) is 12.5. The van der Waals surface area contributed by atoms with Crippen LogP contribution in [0, 0.1) is 5.92 Å². The molecule has 0 radical (unpaired) electrons. The molecule has 0 unspecified atom stereocenters. The Morgan fingerprint density at radius 3 is 2.39 bits per heavy atom. The summed E-state index contributed by atoms with van der Waals surface area (Å²) in [5.74, 6) is -0.396. The van der Waals surface area contributed by atoms with Crippen molar-refractivity contribution in [3.63, 3.8) is 0 Å². The lowest BCUT2D eigenvalue weighted by Gasteiger charge is -2.36. The topological polar surface area (TPSA) is 73.8 Å². The maximum Gasteiger partial charge on any atom is 0.263 e. The van der Waals surface area contributed by atoms with Crippen molar-refractivity contribution in [3.05, 3.63) is 95.3 Å². The zero-order valence-electron chi connectivity index (χ0n) is 20.5. The van der Waals surface area contributed by atoms with Gasteiger partial charge in [-0.05, 0) is 49.1 Å². The molecule has 0 bridgehead atoms. The largest absolute Gasteiger partial charge is 0.371 e. The first-order valence-electron chi connectivity index (χ1n) is 12.5. The van der Waals surface area contributed by atoms with Gasteiger partial charge in [0, 0.05) is 44.5 Å². The van der Waals surface area contributed by atoms with E-state index in [0.29, 0.717) is 37.3 Å². The highest BCUT2D eigenvalue weighted by Crippen LogP contribution is 2.35. The van der Waals surface area contributed by atoms with Gasteiger partial charge in [0.1, 0.15) is 0 Å². The number of pyridine rings is 1. The van der Waals surface area contributed by atoms with Crippen LogP contribution in [0.15, 0.2) is 73.1 Å². The van der Waals surface area contributed by atoms with Gasteiger partial charge in [-0.2, -0.15) is 0 Å². The third kappa shape index (κ3) is 4.61. The number of hydrogen-bond acceptors (Lipinski definition) is 5. The highest BCUT2D eigenvalue weighted by Gasteiger charge is 2.39. The standard InChI is InChI=1S/C29H30N4O3/c1-2-31(19-21-8-4-3-5-9-21)27(34)23-13-16-32(17-14-23)25-12-6-11-24-26(25)29(36)33(28(24)35)20-22-10-7-15-30-18-22/h3-12,15,18,23H,2,13-14,16-17,19-20H2,1H3. The fourth-order valence-electron chi connectivity index (χ4n) is 5.17. The van der Waals surface area contributed by atoms with E-state index in [1.54, 1.807) is 24.5 Å². The molecule has 1 aromatic heterocycles. The molecule has 0 atom stereocenters. The Morgan fingerprint density at radius 1 is 0.944 bits per heavy atom. The zero-order chi connectivity index (χ0) is 25.1. The summed E-state index contributed by atoms with van der Waals surface area (Å²) in [5.41, 5.74) is 3.63. The van der Waals surface area contributed by atoms with Crippen molar-refractivity contribution >= 4 is 23.4 Å². The maximum absolute atomic E-state index is 13.3. The van der Waals surface area contributed by atoms with Gasteiger partial charge >= 0.3 is 0 Å². The summed E-state index contributed by atoms with van der Waals surface area (Å²) in [6.07, 6.45) is 4.77. The van der Waals surface area contributed by atoms with Gasteiger partial charge in [0.05, 0.1) is 23.4 Å². The smallest absolute Gasteiger partial charge is 0.263 e. The van der Waals surface area contributed by atoms with Gasteiger partial charge in [-0.3, -0.25) is 24.3 Å². The number of hydrogen-bond donors (Lipinski definition) is 0.